The van der Waals surface area contributed by atoms with Crippen LogP contribution in [0.15, 0.2) is 18.9 Å². The molecular formula is C10H12N4O. The second-order valence-electron chi connectivity index (χ2n) is 3.28. The highest BCUT2D eigenvalue weighted by molar-refractivity contribution is 5.97. The topological polar surface area (TPSA) is 58.1 Å². The van der Waals surface area contributed by atoms with Crippen LogP contribution in [-0.4, -0.2) is 34.4 Å². The minimum absolute atomic E-state index is 0.0208. The Hall–Kier alpha value is -1.91. The fourth-order valence-corrected chi connectivity index (χ4v) is 1.56. The van der Waals surface area contributed by atoms with Gasteiger partial charge in [0.2, 0.25) is 5.95 Å². The Kier molecular flexibility index (Phi) is 2.37. The van der Waals surface area contributed by atoms with Crippen molar-refractivity contribution >= 4 is 11.9 Å². The molecule has 15 heavy (non-hydrogen) atoms. The van der Waals surface area contributed by atoms with Gasteiger partial charge >= 0.3 is 0 Å². The molecule has 5 nitrogen and oxygen atoms in total. The molecule has 0 saturated heterocycles. The predicted molar refractivity (Wildman–Crippen MR) is 56.5 cm³/mol. The number of aromatic nitrogens is 2. The molecule has 0 bridgehead atoms. The highest BCUT2D eigenvalue weighted by Crippen LogP contribution is 2.20. The van der Waals surface area contributed by atoms with Crippen molar-refractivity contribution in [2.24, 2.45) is 0 Å². The Morgan fingerprint density at radius 2 is 2.53 bits per heavy atom. The van der Waals surface area contributed by atoms with Crippen molar-refractivity contribution in [3.05, 3.63) is 30.1 Å². The van der Waals surface area contributed by atoms with Gasteiger partial charge < -0.3 is 10.2 Å². The molecule has 0 atom stereocenters. The summed E-state index contributed by atoms with van der Waals surface area (Å²) in [6.45, 7) is 4.70. The van der Waals surface area contributed by atoms with Crippen molar-refractivity contribution in [1.82, 2.24) is 14.9 Å². The highest BCUT2D eigenvalue weighted by Gasteiger charge is 2.28. The Balaban J connectivity index is 2.32. The summed E-state index contributed by atoms with van der Waals surface area (Å²) in [4.78, 5) is 21.7. The van der Waals surface area contributed by atoms with E-state index in [0.29, 0.717) is 24.6 Å². The highest BCUT2D eigenvalue weighted by atomic mass is 16.2. The van der Waals surface area contributed by atoms with Gasteiger partial charge in [0.1, 0.15) is 0 Å². The first-order valence-electron chi connectivity index (χ1n) is 4.70. The van der Waals surface area contributed by atoms with Gasteiger partial charge in [-0.25, -0.2) is 9.97 Å². The summed E-state index contributed by atoms with van der Waals surface area (Å²) in [6.07, 6.45) is 3.27. The second-order valence-corrected chi connectivity index (χ2v) is 3.28. The molecule has 0 fully saturated rings. The van der Waals surface area contributed by atoms with Gasteiger partial charge in [-0.2, -0.15) is 0 Å². The molecule has 0 spiro atoms. The summed E-state index contributed by atoms with van der Waals surface area (Å²) in [5.41, 5.74) is 1.37. The third-order valence-electron chi connectivity index (χ3n) is 2.30. The molecule has 5 heteroatoms. The van der Waals surface area contributed by atoms with E-state index in [4.69, 9.17) is 0 Å². The lowest BCUT2D eigenvalue weighted by atomic mass is 10.3. The van der Waals surface area contributed by atoms with Gasteiger partial charge in [0.25, 0.3) is 5.91 Å². The molecule has 1 amide bonds. The van der Waals surface area contributed by atoms with Crippen LogP contribution >= 0.6 is 0 Å². The molecular weight excluding hydrogens is 192 g/mol. The number of nitrogens with zero attached hydrogens (tertiary/aromatic N) is 3. The van der Waals surface area contributed by atoms with E-state index in [9.17, 15) is 4.79 Å². The van der Waals surface area contributed by atoms with Crippen molar-refractivity contribution in [3.63, 3.8) is 0 Å². The average molecular weight is 204 g/mol. The number of fused-ring (bicyclic) bond motifs is 1. The summed E-state index contributed by atoms with van der Waals surface area (Å²) in [7, 11) is 1.75. The van der Waals surface area contributed by atoms with E-state index in [1.54, 1.807) is 24.2 Å². The van der Waals surface area contributed by atoms with E-state index in [0.717, 1.165) is 5.69 Å². The first-order valence-corrected chi connectivity index (χ1v) is 4.70. The minimum atomic E-state index is -0.0208. The van der Waals surface area contributed by atoms with Crippen LogP contribution in [-0.2, 0) is 6.54 Å². The smallest absolute Gasteiger partial charge is 0.257 e. The standard InChI is InChI=1S/C10H12N4O/c1-3-4-14-6-8-7(9(14)15)5-12-10(11-2)13-8/h3,5H,1,4,6H2,2H3,(H,11,12,13). The summed E-state index contributed by atoms with van der Waals surface area (Å²) in [5, 5.41) is 2.85. The van der Waals surface area contributed by atoms with E-state index in [1.165, 1.54) is 0 Å². The maximum Gasteiger partial charge on any atom is 0.257 e. The van der Waals surface area contributed by atoms with Gasteiger partial charge in [0.05, 0.1) is 17.8 Å². The normalized spacial score (nSPS) is 13.9. The summed E-state index contributed by atoms with van der Waals surface area (Å²) in [6, 6.07) is 0. The van der Waals surface area contributed by atoms with Gasteiger partial charge in [-0.05, 0) is 0 Å². The quantitative estimate of drug-likeness (QED) is 0.735. The van der Waals surface area contributed by atoms with E-state index in [2.05, 4.69) is 21.9 Å². The molecule has 1 aromatic heterocycles. The Morgan fingerprint density at radius 1 is 1.73 bits per heavy atom. The van der Waals surface area contributed by atoms with Gasteiger partial charge in [0.15, 0.2) is 0 Å². The van der Waals surface area contributed by atoms with Gasteiger partial charge in [0, 0.05) is 19.8 Å². The van der Waals surface area contributed by atoms with Crippen molar-refractivity contribution in [2.75, 3.05) is 18.9 Å². The SMILES string of the molecule is C=CCN1Cc2nc(NC)ncc2C1=O. The van der Waals surface area contributed by atoms with Crippen LogP contribution in [0, 0.1) is 0 Å². The Labute approximate surface area is 87.8 Å². The molecule has 1 N–H and O–H groups in total. The third-order valence-corrected chi connectivity index (χ3v) is 2.30. The molecule has 2 heterocycles. The van der Waals surface area contributed by atoms with Crippen LogP contribution in [0.4, 0.5) is 5.95 Å². The number of anilines is 1. The molecule has 2 rings (SSSR count). The van der Waals surface area contributed by atoms with Gasteiger partial charge in [-0.3, -0.25) is 4.79 Å². The maximum absolute atomic E-state index is 11.8. The van der Waals surface area contributed by atoms with E-state index in [-0.39, 0.29) is 5.91 Å². The lowest BCUT2D eigenvalue weighted by molar-refractivity contribution is 0.0796. The maximum atomic E-state index is 11.8. The fraction of sp³-hybridized carbons (Fsp3) is 0.300. The summed E-state index contributed by atoms with van der Waals surface area (Å²) in [5.74, 6) is 0.523. The average Bonchev–Trinajstić information content (AvgIpc) is 2.56. The predicted octanol–water partition coefficient (Wildman–Crippen LogP) is 0.660. The van der Waals surface area contributed by atoms with E-state index in [1.807, 2.05) is 0 Å². The van der Waals surface area contributed by atoms with Crippen LogP contribution in [0.3, 0.4) is 0 Å². The molecule has 0 aromatic carbocycles. The number of hydrogen-bond donors (Lipinski definition) is 1. The Morgan fingerprint density at radius 3 is 3.20 bits per heavy atom. The molecule has 78 valence electrons. The zero-order chi connectivity index (χ0) is 10.8. The number of nitrogens with one attached hydrogen (secondary N) is 1. The lowest BCUT2D eigenvalue weighted by Crippen LogP contribution is -2.23. The van der Waals surface area contributed by atoms with Gasteiger partial charge in [-0.1, -0.05) is 6.08 Å². The number of carbonyl (C=O) groups excluding carboxylic acids is 1. The first-order chi connectivity index (χ1) is 7.26. The van der Waals surface area contributed by atoms with E-state index >= 15 is 0 Å². The zero-order valence-corrected chi connectivity index (χ0v) is 8.53. The van der Waals surface area contributed by atoms with Crippen LogP contribution < -0.4 is 5.32 Å². The van der Waals surface area contributed by atoms with Crippen LogP contribution in [0.2, 0.25) is 0 Å². The fourth-order valence-electron chi connectivity index (χ4n) is 1.56. The van der Waals surface area contributed by atoms with Crippen molar-refractivity contribution in [1.29, 1.82) is 0 Å². The number of hydrogen-bond acceptors (Lipinski definition) is 4. The number of amides is 1. The first kappa shape index (κ1) is 9.64. The third kappa shape index (κ3) is 1.56. The molecule has 0 aliphatic carbocycles. The van der Waals surface area contributed by atoms with Crippen LogP contribution in [0.5, 0.6) is 0 Å². The molecule has 1 aliphatic rings. The van der Waals surface area contributed by atoms with Crippen molar-refractivity contribution in [3.8, 4) is 0 Å². The number of carbonyl (C=O) groups is 1. The van der Waals surface area contributed by atoms with Gasteiger partial charge in [-0.15, -0.1) is 6.58 Å². The largest absolute Gasteiger partial charge is 0.357 e. The minimum Gasteiger partial charge on any atom is -0.357 e. The molecule has 0 unspecified atom stereocenters. The molecule has 1 aliphatic heterocycles. The monoisotopic (exact) mass is 204 g/mol. The summed E-state index contributed by atoms with van der Waals surface area (Å²) < 4.78 is 0. The molecule has 0 radical (unpaired) electrons. The number of rotatable bonds is 3. The molecule has 1 aromatic rings. The van der Waals surface area contributed by atoms with E-state index < -0.39 is 0 Å². The van der Waals surface area contributed by atoms with Crippen molar-refractivity contribution in [2.45, 2.75) is 6.54 Å². The van der Waals surface area contributed by atoms with Crippen LogP contribution in [0.25, 0.3) is 0 Å². The summed E-state index contributed by atoms with van der Waals surface area (Å²) >= 11 is 0. The Bertz CT molecular complexity index is 416. The molecule has 0 saturated carbocycles. The van der Waals surface area contributed by atoms with Crippen LogP contribution in [0.1, 0.15) is 16.1 Å². The zero-order valence-electron chi connectivity index (χ0n) is 8.53. The second kappa shape index (κ2) is 3.68. The van der Waals surface area contributed by atoms with Crippen molar-refractivity contribution < 1.29 is 4.79 Å². The lowest BCUT2D eigenvalue weighted by Gasteiger charge is -2.10.